The fourth-order valence-electron chi connectivity index (χ4n) is 1.02. The van der Waals surface area contributed by atoms with Gasteiger partial charge in [-0.2, -0.15) is 0 Å². The number of aryl methyl sites for hydroxylation is 1. The highest BCUT2D eigenvalue weighted by molar-refractivity contribution is 5.91. The molecule has 0 aliphatic carbocycles. The summed E-state index contributed by atoms with van der Waals surface area (Å²) < 4.78 is 4.89. The SMILES string of the molecule is CC[CH]OC(=O)c1ccccc1C. The Morgan fingerprint density at radius 1 is 1.46 bits per heavy atom. The fourth-order valence-corrected chi connectivity index (χ4v) is 1.02. The van der Waals surface area contributed by atoms with Crippen molar-refractivity contribution < 1.29 is 9.53 Å². The lowest BCUT2D eigenvalue weighted by Gasteiger charge is -2.04. The Morgan fingerprint density at radius 3 is 2.77 bits per heavy atom. The summed E-state index contributed by atoms with van der Waals surface area (Å²) in [5.74, 6) is -0.278. The lowest BCUT2D eigenvalue weighted by Crippen LogP contribution is -2.04. The van der Waals surface area contributed by atoms with Crippen LogP contribution in [-0.4, -0.2) is 5.97 Å². The molecule has 0 atom stereocenters. The quantitative estimate of drug-likeness (QED) is 0.663. The molecule has 2 nitrogen and oxygen atoms in total. The third kappa shape index (κ3) is 2.58. The van der Waals surface area contributed by atoms with Crippen molar-refractivity contribution in [3.8, 4) is 0 Å². The van der Waals surface area contributed by atoms with E-state index in [2.05, 4.69) is 0 Å². The Morgan fingerprint density at radius 2 is 2.15 bits per heavy atom. The number of hydrogen-bond acceptors (Lipinski definition) is 2. The van der Waals surface area contributed by atoms with E-state index in [0.717, 1.165) is 12.0 Å². The third-order valence-corrected chi connectivity index (χ3v) is 1.72. The van der Waals surface area contributed by atoms with Gasteiger partial charge >= 0.3 is 5.97 Å². The van der Waals surface area contributed by atoms with E-state index in [1.165, 1.54) is 6.61 Å². The summed E-state index contributed by atoms with van der Waals surface area (Å²) in [5.41, 5.74) is 1.57. The van der Waals surface area contributed by atoms with Crippen LogP contribution in [0.5, 0.6) is 0 Å². The van der Waals surface area contributed by atoms with Crippen molar-refractivity contribution in [2.24, 2.45) is 0 Å². The van der Waals surface area contributed by atoms with Gasteiger partial charge in [-0.1, -0.05) is 25.1 Å². The first-order valence-corrected chi connectivity index (χ1v) is 4.34. The van der Waals surface area contributed by atoms with Gasteiger partial charge in [0.15, 0.2) is 0 Å². The molecule has 0 unspecified atom stereocenters. The van der Waals surface area contributed by atoms with Crippen molar-refractivity contribution in [2.75, 3.05) is 0 Å². The smallest absolute Gasteiger partial charge is 0.338 e. The Labute approximate surface area is 78.5 Å². The summed E-state index contributed by atoms with van der Waals surface area (Å²) >= 11 is 0. The van der Waals surface area contributed by atoms with Crippen LogP contribution >= 0.6 is 0 Å². The number of hydrogen-bond donors (Lipinski definition) is 0. The van der Waals surface area contributed by atoms with E-state index in [1.807, 2.05) is 32.0 Å². The monoisotopic (exact) mass is 177 g/mol. The summed E-state index contributed by atoms with van der Waals surface area (Å²) in [6.45, 7) is 5.32. The van der Waals surface area contributed by atoms with E-state index >= 15 is 0 Å². The van der Waals surface area contributed by atoms with Crippen molar-refractivity contribution in [2.45, 2.75) is 20.3 Å². The second kappa shape index (κ2) is 4.65. The molecule has 69 valence electrons. The summed E-state index contributed by atoms with van der Waals surface area (Å²) in [4.78, 5) is 11.4. The maximum absolute atomic E-state index is 11.4. The normalized spacial score (nSPS) is 9.69. The minimum absolute atomic E-state index is 0.278. The van der Waals surface area contributed by atoms with Crippen molar-refractivity contribution in [3.63, 3.8) is 0 Å². The summed E-state index contributed by atoms with van der Waals surface area (Å²) in [6, 6.07) is 7.38. The van der Waals surface area contributed by atoms with Crippen LogP contribution in [0.4, 0.5) is 0 Å². The molecule has 0 saturated carbocycles. The van der Waals surface area contributed by atoms with Gasteiger partial charge in [-0.25, -0.2) is 4.79 Å². The highest BCUT2D eigenvalue weighted by Crippen LogP contribution is 2.09. The van der Waals surface area contributed by atoms with Gasteiger partial charge in [0.25, 0.3) is 0 Å². The molecule has 0 N–H and O–H groups in total. The molecule has 0 aromatic heterocycles. The zero-order valence-electron chi connectivity index (χ0n) is 7.91. The second-order valence-electron chi connectivity index (χ2n) is 2.80. The van der Waals surface area contributed by atoms with Crippen LogP contribution in [0.1, 0.15) is 29.3 Å². The molecular formula is C11H13O2. The van der Waals surface area contributed by atoms with Crippen LogP contribution < -0.4 is 0 Å². The van der Waals surface area contributed by atoms with Crippen LogP contribution in [0, 0.1) is 13.5 Å². The van der Waals surface area contributed by atoms with E-state index in [1.54, 1.807) is 6.07 Å². The average Bonchev–Trinajstić information content (AvgIpc) is 2.15. The molecule has 13 heavy (non-hydrogen) atoms. The molecule has 0 bridgehead atoms. The zero-order chi connectivity index (χ0) is 9.68. The summed E-state index contributed by atoms with van der Waals surface area (Å²) in [5, 5.41) is 0. The largest absolute Gasteiger partial charge is 0.455 e. The van der Waals surface area contributed by atoms with Crippen LogP contribution in [0.2, 0.25) is 0 Å². The minimum atomic E-state index is -0.278. The van der Waals surface area contributed by atoms with Gasteiger partial charge in [0.2, 0.25) is 0 Å². The molecule has 1 aromatic carbocycles. The standard InChI is InChI=1S/C11H13O2/c1-3-8-13-11(12)10-7-5-4-6-9(10)2/h4-8H,3H2,1-2H3. The molecule has 0 aliphatic heterocycles. The fraction of sp³-hybridized carbons (Fsp3) is 0.273. The van der Waals surface area contributed by atoms with Crippen molar-refractivity contribution >= 4 is 5.97 Å². The molecule has 0 fully saturated rings. The molecule has 0 saturated heterocycles. The van der Waals surface area contributed by atoms with Gasteiger partial charge in [-0.3, -0.25) is 0 Å². The van der Waals surface area contributed by atoms with Gasteiger partial charge in [-0.05, 0) is 25.0 Å². The Bertz CT molecular complexity index is 292. The Kier molecular flexibility index (Phi) is 3.50. The van der Waals surface area contributed by atoms with Crippen LogP contribution in [0.3, 0.4) is 0 Å². The van der Waals surface area contributed by atoms with Crippen molar-refractivity contribution in [1.82, 2.24) is 0 Å². The number of rotatable bonds is 3. The molecule has 2 heteroatoms. The minimum Gasteiger partial charge on any atom is -0.455 e. The third-order valence-electron chi connectivity index (χ3n) is 1.72. The van der Waals surface area contributed by atoms with E-state index < -0.39 is 0 Å². The lowest BCUT2D eigenvalue weighted by molar-refractivity contribution is 0.0600. The average molecular weight is 177 g/mol. The number of ether oxygens (including phenoxy) is 1. The van der Waals surface area contributed by atoms with E-state index in [4.69, 9.17) is 4.74 Å². The van der Waals surface area contributed by atoms with Crippen LogP contribution in [0.15, 0.2) is 24.3 Å². The predicted molar refractivity (Wildman–Crippen MR) is 51.2 cm³/mol. The second-order valence-corrected chi connectivity index (χ2v) is 2.80. The first-order chi connectivity index (χ1) is 6.25. The van der Waals surface area contributed by atoms with Crippen molar-refractivity contribution in [1.29, 1.82) is 0 Å². The molecule has 1 radical (unpaired) electrons. The molecule has 0 spiro atoms. The zero-order valence-corrected chi connectivity index (χ0v) is 7.91. The Balaban J connectivity index is 2.71. The summed E-state index contributed by atoms with van der Waals surface area (Å²) in [7, 11) is 0. The van der Waals surface area contributed by atoms with E-state index in [-0.39, 0.29) is 5.97 Å². The summed E-state index contributed by atoms with van der Waals surface area (Å²) in [6.07, 6.45) is 0.734. The molecule has 0 aliphatic rings. The first-order valence-electron chi connectivity index (χ1n) is 4.34. The lowest BCUT2D eigenvalue weighted by atomic mass is 10.1. The van der Waals surface area contributed by atoms with Gasteiger partial charge in [-0.15, -0.1) is 0 Å². The topological polar surface area (TPSA) is 26.3 Å². The Hall–Kier alpha value is -1.31. The molecule has 1 aromatic rings. The van der Waals surface area contributed by atoms with Gasteiger partial charge in [0, 0.05) is 0 Å². The maximum Gasteiger partial charge on any atom is 0.338 e. The van der Waals surface area contributed by atoms with Gasteiger partial charge in [0.1, 0.15) is 6.61 Å². The number of carbonyl (C=O) groups is 1. The van der Waals surface area contributed by atoms with Crippen LogP contribution in [0.25, 0.3) is 0 Å². The number of benzene rings is 1. The highest BCUT2D eigenvalue weighted by atomic mass is 16.5. The maximum atomic E-state index is 11.4. The highest BCUT2D eigenvalue weighted by Gasteiger charge is 2.08. The number of esters is 1. The van der Waals surface area contributed by atoms with Crippen LogP contribution in [-0.2, 0) is 4.74 Å². The number of carbonyl (C=O) groups excluding carboxylic acids is 1. The van der Waals surface area contributed by atoms with E-state index in [9.17, 15) is 4.79 Å². The molecular weight excluding hydrogens is 164 g/mol. The van der Waals surface area contributed by atoms with E-state index in [0.29, 0.717) is 5.56 Å². The first kappa shape index (κ1) is 9.78. The molecule has 0 heterocycles. The van der Waals surface area contributed by atoms with Gasteiger partial charge < -0.3 is 4.74 Å². The van der Waals surface area contributed by atoms with Crippen molar-refractivity contribution in [3.05, 3.63) is 42.0 Å². The predicted octanol–water partition coefficient (Wildman–Crippen LogP) is 2.72. The molecule has 1 rings (SSSR count). The van der Waals surface area contributed by atoms with Gasteiger partial charge in [0.05, 0.1) is 5.56 Å². The molecule has 0 amide bonds.